The normalized spacial score (nSPS) is 22.3. The fourth-order valence-electron chi connectivity index (χ4n) is 3.61. The number of rotatable bonds is 7. The molecule has 0 bridgehead atoms. The number of hydrogen-bond donors (Lipinski definition) is 1. The standard InChI is InChI=1S/C17H35N/c1-6-13-18-16(14(7-2)8-3)15-9-11-17(4,5)12-10-15/h14-16,18H,6-13H2,1-5H3. The van der Waals surface area contributed by atoms with Crippen LogP contribution in [0.1, 0.15) is 79.6 Å². The molecule has 1 nitrogen and oxygen atoms in total. The zero-order valence-corrected chi connectivity index (χ0v) is 13.4. The van der Waals surface area contributed by atoms with E-state index in [9.17, 15) is 0 Å². The van der Waals surface area contributed by atoms with E-state index < -0.39 is 0 Å². The number of nitrogens with one attached hydrogen (secondary N) is 1. The first-order chi connectivity index (χ1) is 8.54. The lowest BCUT2D eigenvalue weighted by molar-refractivity contribution is 0.132. The predicted octanol–water partition coefficient (Wildman–Crippen LogP) is 5.01. The number of hydrogen-bond acceptors (Lipinski definition) is 1. The highest BCUT2D eigenvalue weighted by Gasteiger charge is 2.33. The average molecular weight is 253 g/mol. The van der Waals surface area contributed by atoms with Crippen LogP contribution in [0.5, 0.6) is 0 Å². The Balaban J connectivity index is 2.59. The van der Waals surface area contributed by atoms with E-state index in [1.807, 2.05) is 0 Å². The quantitative estimate of drug-likeness (QED) is 0.672. The van der Waals surface area contributed by atoms with Crippen molar-refractivity contribution >= 4 is 0 Å². The van der Waals surface area contributed by atoms with Crippen molar-refractivity contribution in [1.29, 1.82) is 0 Å². The summed E-state index contributed by atoms with van der Waals surface area (Å²) in [4.78, 5) is 0. The molecule has 1 aliphatic carbocycles. The van der Waals surface area contributed by atoms with Gasteiger partial charge in [-0.15, -0.1) is 0 Å². The minimum absolute atomic E-state index is 0.597. The minimum atomic E-state index is 0.597. The molecule has 1 heteroatoms. The van der Waals surface area contributed by atoms with Crippen LogP contribution in [0.4, 0.5) is 0 Å². The third kappa shape index (κ3) is 4.57. The molecule has 1 rings (SSSR count). The first kappa shape index (κ1) is 16.0. The summed E-state index contributed by atoms with van der Waals surface area (Å²) >= 11 is 0. The Kier molecular flexibility index (Phi) is 6.70. The molecule has 108 valence electrons. The van der Waals surface area contributed by atoms with Gasteiger partial charge in [0, 0.05) is 6.04 Å². The van der Waals surface area contributed by atoms with Crippen molar-refractivity contribution in [1.82, 2.24) is 5.32 Å². The van der Waals surface area contributed by atoms with Crippen LogP contribution in [0.3, 0.4) is 0 Å². The molecule has 0 saturated heterocycles. The molecule has 0 radical (unpaired) electrons. The van der Waals surface area contributed by atoms with E-state index in [1.165, 1.54) is 51.5 Å². The second-order valence-electron chi connectivity index (χ2n) is 7.06. The Morgan fingerprint density at radius 1 is 1.06 bits per heavy atom. The summed E-state index contributed by atoms with van der Waals surface area (Å²) in [5.41, 5.74) is 0.597. The monoisotopic (exact) mass is 253 g/mol. The molecule has 0 heterocycles. The van der Waals surface area contributed by atoms with Crippen LogP contribution in [0.25, 0.3) is 0 Å². The summed E-state index contributed by atoms with van der Waals surface area (Å²) in [6, 6.07) is 0.774. The van der Waals surface area contributed by atoms with Gasteiger partial charge in [-0.2, -0.15) is 0 Å². The van der Waals surface area contributed by atoms with E-state index >= 15 is 0 Å². The van der Waals surface area contributed by atoms with Gasteiger partial charge in [0.05, 0.1) is 0 Å². The summed E-state index contributed by atoms with van der Waals surface area (Å²) in [5.74, 6) is 1.80. The van der Waals surface area contributed by atoms with Crippen LogP contribution >= 0.6 is 0 Å². The third-order valence-electron chi connectivity index (χ3n) is 5.08. The molecular weight excluding hydrogens is 218 g/mol. The third-order valence-corrected chi connectivity index (χ3v) is 5.08. The molecule has 1 saturated carbocycles. The van der Waals surface area contributed by atoms with Gasteiger partial charge in [0.1, 0.15) is 0 Å². The molecule has 0 aromatic rings. The van der Waals surface area contributed by atoms with Crippen LogP contribution in [0.2, 0.25) is 0 Å². The van der Waals surface area contributed by atoms with Crippen molar-refractivity contribution in [2.45, 2.75) is 85.6 Å². The smallest absolute Gasteiger partial charge is 0.0123 e. The van der Waals surface area contributed by atoms with Crippen LogP contribution in [0, 0.1) is 17.3 Å². The lowest BCUT2D eigenvalue weighted by atomic mass is 9.68. The van der Waals surface area contributed by atoms with Gasteiger partial charge in [-0.25, -0.2) is 0 Å². The van der Waals surface area contributed by atoms with Gasteiger partial charge in [0.25, 0.3) is 0 Å². The van der Waals surface area contributed by atoms with Crippen molar-refractivity contribution < 1.29 is 0 Å². The predicted molar refractivity (Wildman–Crippen MR) is 81.9 cm³/mol. The Morgan fingerprint density at radius 3 is 2.06 bits per heavy atom. The largest absolute Gasteiger partial charge is 0.313 e. The highest BCUT2D eigenvalue weighted by molar-refractivity contribution is 4.88. The van der Waals surface area contributed by atoms with Gasteiger partial charge >= 0.3 is 0 Å². The lowest BCUT2D eigenvalue weighted by Crippen LogP contribution is -2.44. The van der Waals surface area contributed by atoms with E-state index in [0.717, 1.165) is 17.9 Å². The zero-order chi connectivity index (χ0) is 13.6. The maximum Gasteiger partial charge on any atom is 0.0123 e. The summed E-state index contributed by atoms with van der Waals surface area (Å²) in [7, 11) is 0. The lowest BCUT2D eigenvalue weighted by Gasteiger charge is -2.41. The van der Waals surface area contributed by atoms with Gasteiger partial charge in [0.15, 0.2) is 0 Å². The molecule has 1 fully saturated rings. The van der Waals surface area contributed by atoms with Gasteiger partial charge in [0.2, 0.25) is 0 Å². The van der Waals surface area contributed by atoms with Gasteiger partial charge in [-0.3, -0.25) is 0 Å². The van der Waals surface area contributed by atoms with Gasteiger partial charge in [-0.05, 0) is 55.9 Å². The second-order valence-corrected chi connectivity index (χ2v) is 7.06. The maximum atomic E-state index is 3.87. The first-order valence-corrected chi connectivity index (χ1v) is 8.27. The average Bonchev–Trinajstić information content (AvgIpc) is 2.35. The van der Waals surface area contributed by atoms with E-state index in [1.54, 1.807) is 0 Å². The summed E-state index contributed by atoms with van der Waals surface area (Å²) < 4.78 is 0. The molecule has 0 aromatic carbocycles. The molecule has 1 aliphatic rings. The molecular formula is C17H35N. The highest BCUT2D eigenvalue weighted by Crippen LogP contribution is 2.41. The fourth-order valence-corrected chi connectivity index (χ4v) is 3.61. The molecule has 0 amide bonds. The molecule has 0 aliphatic heterocycles. The highest BCUT2D eigenvalue weighted by atomic mass is 14.9. The SMILES string of the molecule is CCCNC(C(CC)CC)C1CCC(C)(C)CC1. The maximum absolute atomic E-state index is 3.87. The molecule has 18 heavy (non-hydrogen) atoms. The van der Waals surface area contributed by atoms with Crippen molar-refractivity contribution in [3.05, 3.63) is 0 Å². The summed E-state index contributed by atoms with van der Waals surface area (Å²) in [6.07, 6.45) is 9.63. The Bertz CT molecular complexity index is 208. The van der Waals surface area contributed by atoms with E-state index in [-0.39, 0.29) is 0 Å². The molecule has 1 atom stereocenters. The van der Waals surface area contributed by atoms with E-state index in [4.69, 9.17) is 0 Å². The topological polar surface area (TPSA) is 12.0 Å². The Hall–Kier alpha value is -0.0400. The molecule has 1 N–H and O–H groups in total. The van der Waals surface area contributed by atoms with Gasteiger partial charge in [-0.1, -0.05) is 47.5 Å². The van der Waals surface area contributed by atoms with Crippen LogP contribution in [0.15, 0.2) is 0 Å². The summed E-state index contributed by atoms with van der Waals surface area (Å²) in [5, 5.41) is 3.87. The molecule has 0 aromatic heterocycles. The summed E-state index contributed by atoms with van der Waals surface area (Å²) in [6.45, 7) is 13.1. The second kappa shape index (κ2) is 7.53. The van der Waals surface area contributed by atoms with Gasteiger partial charge < -0.3 is 5.32 Å². The Labute approximate surface area is 115 Å². The van der Waals surface area contributed by atoms with Crippen LogP contribution in [-0.4, -0.2) is 12.6 Å². The van der Waals surface area contributed by atoms with Crippen molar-refractivity contribution in [3.63, 3.8) is 0 Å². The zero-order valence-electron chi connectivity index (χ0n) is 13.4. The van der Waals surface area contributed by atoms with Crippen LogP contribution < -0.4 is 5.32 Å². The van der Waals surface area contributed by atoms with Crippen molar-refractivity contribution in [2.24, 2.45) is 17.3 Å². The molecule has 0 spiro atoms. The van der Waals surface area contributed by atoms with Crippen molar-refractivity contribution in [3.8, 4) is 0 Å². The van der Waals surface area contributed by atoms with Crippen LogP contribution in [-0.2, 0) is 0 Å². The molecule has 1 unspecified atom stereocenters. The fraction of sp³-hybridized carbons (Fsp3) is 1.00. The first-order valence-electron chi connectivity index (χ1n) is 8.27. The van der Waals surface area contributed by atoms with E-state index in [0.29, 0.717) is 5.41 Å². The Morgan fingerprint density at radius 2 is 1.61 bits per heavy atom. The van der Waals surface area contributed by atoms with Crippen molar-refractivity contribution in [2.75, 3.05) is 6.54 Å². The minimum Gasteiger partial charge on any atom is -0.313 e. The van der Waals surface area contributed by atoms with E-state index in [2.05, 4.69) is 39.9 Å².